The van der Waals surface area contributed by atoms with E-state index in [2.05, 4.69) is 36.4 Å². The Morgan fingerprint density at radius 1 is 1.26 bits per heavy atom. The first-order valence-corrected chi connectivity index (χ1v) is 6.76. The van der Waals surface area contributed by atoms with Gasteiger partial charge in [0.2, 0.25) is 0 Å². The number of nitrogens with one attached hydrogen (secondary N) is 2. The number of likely N-dealkylation sites (N-methyl/N-ethyl adjacent to an activating group) is 1. The van der Waals surface area contributed by atoms with Gasteiger partial charge in [-0.05, 0) is 38.6 Å². The lowest BCUT2D eigenvalue weighted by Gasteiger charge is -2.20. The van der Waals surface area contributed by atoms with Crippen molar-refractivity contribution in [3.63, 3.8) is 0 Å². The van der Waals surface area contributed by atoms with Crippen molar-refractivity contribution in [2.75, 3.05) is 27.2 Å². The first-order chi connectivity index (χ1) is 9.04. The van der Waals surface area contributed by atoms with Crippen LogP contribution in [0, 0.1) is 0 Å². The highest BCUT2D eigenvalue weighted by molar-refractivity contribution is 5.93. The molecule has 0 heterocycles. The molecule has 4 heteroatoms. The third-order valence-electron chi connectivity index (χ3n) is 3.30. The molecule has 19 heavy (non-hydrogen) atoms. The molecule has 106 valence electrons. The molecule has 0 atom stereocenters. The maximum Gasteiger partial charge on any atom is 0.251 e. The molecule has 0 saturated carbocycles. The highest BCUT2D eigenvalue weighted by atomic mass is 16.1. The molecule has 0 aromatic heterocycles. The van der Waals surface area contributed by atoms with E-state index in [4.69, 9.17) is 0 Å². The molecule has 0 radical (unpaired) electrons. The third kappa shape index (κ3) is 5.41. The molecule has 0 bridgehead atoms. The molecular formula is C15H25N3O. The van der Waals surface area contributed by atoms with Crippen molar-refractivity contribution < 1.29 is 4.79 Å². The van der Waals surface area contributed by atoms with Crippen molar-refractivity contribution in [3.05, 3.63) is 35.4 Å². The third-order valence-corrected chi connectivity index (χ3v) is 3.30. The Bertz CT molecular complexity index is 387. The van der Waals surface area contributed by atoms with Crippen LogP contribution in [0.2, 0.25) is 0 Å². The van der Waals surface area contributed by atoms with E-state index in [9.17, 15) is 4.79 Å². The smallest absolute Gasteiger partial charge is 0.251 e. The van der Waals surface area contributed by atoms with Crippen LogP contribution in [0.3, 0.4) is 0 Å². The predicted molar refractivity (Wildman–Crippen MR) is 79.3 cm³/mol. The van der Waals surface area contributed by atoms with Gasteiger partial charge in [0.05, 0.1) is 0 Å². The summed E-state index contributed by atoms with van der Waals surface area (Å²) in [6.07, 6.45) is 0. The van der Waals surface area contributed by atoms with E-state index in [-0.39, 0.29) is 5.91 Å². The van der Waals surface area contributed by atoms with Crippen molar-refractivity contribution in [3.8, 4) is 0 Å². The molecule has 0 unspecified atom stereocenters. The second kappa shape index (κ2) is 7.92. The SMILES string of the molecule is CNC(=O)c1ccc(CNCCN(C)C(C)C)cc1. The van der Waals surface area contributed by atoms with Crippen LogP contribution in [0.5, 0.6) is 0 Å². The average molecular weight is 263 g/mol. The summed E-state index contributed by atoms with van der Waals surface area (Å²) in [6.45, 7) is 7.22. The number of carbonyl (C=O) groups is 1. The Labute approximate surface area is 116 Å². The molecule has 0 aliphatic carbocycles. The number of hydrogen-bond acceptors (Lipinski definition) is 3. The molecule has 1 aromatic carbocycles. The number of amides is 1. The van der Waals surface area contributed by atoms with Crippen molar-refractivity contribution in [2.24, 2.45) is 0 Å². The summed E-state index contributed by atoms with van der Waals surface area (Å²) in [5.74, 6) is -0.0435. The Hall–Kier alpha value is -1.39. The fraction of sp³-hybridized carbons (Fsp3) is 0.533. The number of nitrogens with zero attached hydrogens (tertiary/aromatic N) is 1. The summed E-state index contributed by atoms with van der Waals surface area (Å²) in [6, 6.07) is 8.27. The van der Waals surface area contributed by atoms with Gasteiger partial charge in [-0.3, -0.25) is 4.79 Å². The minimum Gasteiger partial charge on any atom is -0.355 e. The molecule has 0 saturated heterocycles. The summed E-state index contributed by atoms with van der Waals surface area (Å²) in [5, 5.41) is 6.02. The summed E-state index contributed by atoms with van der Waals surface area (Å²) in [5.41, 5.74) is 1.89. The Balaban J connectivity index is 2.32. The van der Waals surface area contributed by atoms with E-state index >= 15 is 0 Å². The Morgan fingerprint density at radius 2 is 1.89 bits per heavy atom. The minimum absolute atomic E-state index is 0.0435. The highest BCUT2D eigenvalue weighted by Gasteiger charge is 2.03. The van der Waals surface area contributed by atoms with Crippen LogP contribution in [0.15, 0.2) is 24.3 Å². The van der Waals surface area contributed by atoms with Crippen LogP contribution in [0.1, 0.15) is 29.8 Å². The lowest BCUT2D eigenvalue weighted by Crippen LogP contribution is -2.33. The molecule has 0 aliphatic rings. The zero-order chi connectivity index (χ0) is 14.3. The Morgan fingerprint density at radius 3 is 2.42 bits per heavy atom. The number of hydrogen-bond donors (Lipinski definition) is 2. The summed E-state index contributed by atoms with van der Waals surface area (Å²) in [7, 11) is 3.77. The fourth-order valence-electron chi connectivity index (χ4n) is 1.66. The molecule has 0 aliphatic heterocycles. The maximum atomic E-state index is 11.4. The second-order valence-corrected chi connectivity index (χ2v) is 5.03. The first kappa shape index (κ1) is 15.7. The van der Waals surface area contributed by atoms with Gasteiger partial charge in [-0.25, -0.2) is 0 Å². The highest BCUT2D eigenvalue weighted by Crippen LogP contribution is 2.04. The lowest BCUT2D eigenvalue weighted by atomic mass is 10.1. The zero-order valence-corrected chi connectivity index (χ0v) is 12.4. The maximum absolute atomic E-state index is 11.4. The van der Waals surface area contributed by atoms with Gasteiger partial charge in [0.1, 0.15) is 0 Å². The van der Waals surface area contributed by atoms with Gasteiger partial charge in [-0.2, -0.15) is 0 Å². The molecule has 1 aromatic rings. The van der Waals surface area contributed by atoms with Crippen molar-refractivity contribution in [1.29, 1.82) is 0 Å². The second-order valence-electron chi connectivity index (χ2n) is 5.03. The van der Waals surface area contributed by atoms with Crippen LogP contribution in [-0.4, -0.2) is 44.0 Å². The van der Waals surface area contributed by atoms with Gasteiger partial charge in [0.25, 0.3) is 5.91 Å². The summed E-state index contributed by atoms with van der Waals surface area (Å²) in [4.78, 5) is 13.7. The van der Waals surface area contributed by atoms with Gasteiger partial charge in [-0.15, -0.1) is 0 Å². The van der Waals surface area contributed by atoms with E-state index in [1.165, 1.54) is 5.56 Å². The van der Waals surface area contributed by atoms with Crippen molar-refractivity contribution >= 4 is 5.91 Å². The van der Waals surface area contributed by atoms with Gasteiger partial charge >= 0.3 is 0 Å². The van der Waals surface area contributed by atoms with Crippen molar-refractivity contribution in [2.45, 2.75) is 26.4 Å². The largest absolute Gasteiger partial charge is 0.355 e. The van der Waals surface area contributed by atoms with E-state index in [1.54, 1.807) is 7.05 Å². The van der Waals surface area contributed by atoms with Gasteiger partial charge < -0.3 is 15.5 Å². The standard InChI is InChI=1S/C15H25N3O/c1-12(2)18(4)10-9-17-11-13-5-7-14(8-6-13)15(19)16-3/h5-8,12,17H,9-11H2,1-4H3,(H,16,19). The van der Waals surface area contributed by atoms with Gasteiger partial charge in [0.15, 0.2) is 0 Å². The summed E-state index contributed by atoms with van der Waals surface area (Å²) >= 11 is 0. The normalized spacial score (nSPS) is 11.1. The van der Waals surface area contributed by atoms with E-state index in [0.29, 0.717) is 11.6 Å². The fourth-order valence-corrected chi connectivity index (χ4v) is 1.66. The zero-order valence-electron chi connectivity index (χ0n) is 12.4. The molecule has 0 fully saturated rings. The Kier molecular flexibility index (Phi) is 6.53. The summed E-state index contributed by atoms with van der Waals surface area (Å²) < 4.78 is 0. The van der Waals surface area contributed by atoms with E-state index in [0.717, 1.165) is 19.6 Å². The minimum atomic E-state index is -0.0435. The van der Waals surface area contributed by atoms with Crippen LogP contribution in [0.25, 0.3) is 0 Å². The van der Waals surface area contributed by atoms with Crippen LogP contribution < -0.4 is 10.6 Å². The van der Waals surface area contributed by atoms with Crippen LogP contribution in [-0.2, 0) is 6.54 Å². The topological polar surface area (TPSA) is 44.4 Å². The van der Waals surface area contributed by atoms with Crippen LogP contribution >= 0.6 is 0 Å². The molecular weight excluding hydrogens is 238 g/mol. The number of carbonyl (C=O) groups excluding carboxylic acids is 1. The van der Waals surface area contributed by atoms with Crippen molar-refractivity contribution in [1.82, 2.24) is 15.5 Å². The number of benzene rings is 1. The molecule has 0 spiro atoms. The molecule has 4 nitrogen and oxygen atoms in total. The first-order valence-electron chi connectivity index (χ1n) is 6.76. The molecule has 1 rings (SSSR count). The predicted octanol–water partition coefficient (Wildman–Crippen LogP) is 1.48. The average Bonchev–Trinajstić information content (AvgIpc) is 2.43. The molecule has 1 amide bonds. The lowest BCUT2D eigenvalue weighted by molar-refractivity contribution is 0.0963. The van der Waals surface area contributed by atoms with E-state index in [1.807, 2.05) is 24.3 Å². The van der Waals surface area contributed by atoms with Gasteiger partial charge in [0, 0.05) is 38.3 Å². The quantitative estimate of drug-likeness (QED) is 0.732. The monoisotopic (exact) mass is 263 g/mol. The van der Waals surface area contributed by atoms with Crippen LogP contribution in [0.4, 0.5) is 0 Å². The number of rotatable bonds is 7. The van der Waals surface area contributed by atoms with Gasteiger partial charge in [-0.1, -0.05) is 12.1 Å². The molecule has 2 N–H and O–H groups in total. The van der Waals surface area contributed by atoms with E-state index < -0.39 is 0 Å².